The molecule has 28 heavy (non-hydrogen) atoms. The summed E-state index contributed by atoms with van der Waals surface area (Å²) < 4.78 is 10.7. The molecule has 0 aromatic rings. The van der Waals surface area contributed by atoms with Gasteiger partial charge in [-0.25, -0.2) is 0 Å². The Morgan fingerprint density at radius 2 is 1.21 bits per heavy atom. The lowest BCUT2D eigenvalue weighted by atomic mass is 10.1. The molecule has 0 radical (unpaired) electrons. The molecule has 0 saturated heterocycles. The quantitative estimate of drug-likeness (QED) is 0.134. The van der Waals surface area contributed by atoms with Gasteiger partial charge in [-0.15, -0.1) is 23.2 Å². The fourth-order valence-electron chi connectivity index (χ4n) is 2.95. The Hall–Kier alpha value is -0.480. The largest absolute Gasteiger partial charge is 0.465 e. The smallest absolute Gasteiger partial charge is 0.324 e. The Morgan fingerprint density at radius 3 is 1.75 bits per heavy atom. The van der Waals surface area contributed by atoms with Crippen molar-refractivity contribution in [3.8, 4) is 0 Å². The minimum absolute atomic E-state index is 0.0150. The van der Waals surface area contributed by atoms with Crippen LogP contribution in [-0.4, -0.2) is 35.4 Å². The van der Waals surface area contributed by atoms with Crippen LogP contribution in [0.25, 0.3) is 0 Å². The van der Waals surface area contributed by atoms with E-state index in [1.807, 2.05) is 20.8 Å². The lowest BCUT2D eigenvalue weighted by molar-refractivity contribution is -0.149. The van der Waals surface area contributed by atoms with Gasteiger partial charge in [-0.2, -0.15) is 0 Å². The van der Waals surface area contributed by atoms with E-state index in [1.165, 1.54) is 12.8 Å². The maximum absolute atomic E-state index is 11.9. The maximum Gasteiger partial charge on any atom is 0.324 e. The molecule has 0 aromatic carbocycles. The molecule has 0 rings (SSSR count). The minimum Gasteiger partial charge on any atom is -0.465 e. The molecule has 0 amide bonds. The molecule has 0 bridgehead atoms. The van der Waals surface area contributed by atoms with E-state index in [4.69, 9.17) is 32.7 Å². The first-order chi connectivity index (χ1) is 13.5. The summed E-state index contributed by atoms with van der Waals surface area (Å²) in [4.78, 5) is 23.4. The van der Waals surface area contributed by atoms with E-state index < -0.39 is 10.8 Å². The monoisotopic (exact) mass is 438 g/mol. The van der Waals surface area contributed by atoms with Crippen LogP contribution < -0.4 is 0 Å². The summed E-state index contributed by atoms with van der Waals surface area (Å²) in [5.74, 6) is -0.559. The summed E-state index contributed by atoms with van der Waals surface area (Å²) in [6, 6.07) is 0. The highest BCUT2D eigenvalue weighted by Gasteiger charge is 2.19. The normalized spacial score (nSPS) is 14.3. The number of alkyl halides is 2. The van der Waals surface area contributed by atoms with Gasteiger partial charge in [-0.05, 0) is 38.5 Å². The summed E-state index contributed by atoms with van der Waals surface area (Å²) in [6.45, 7) is 6.52. The van der Waals surface area contributed by atoms with Crippen LogP contribution >= 0.6 is 23.2 Å². The average molecular weight is 439 g/mol. The summed E-state index contributed by atoms with van der Waals surface area (Å²) in [6.07, 6.45) is 12.5. The second kappa shape index (κ2) is 18.5. The van der Waals surface area contributed by atoms with Crippen molar-refractivity contribution < 1.29 is 19.1 Å². The molecule has 0 fully saturated rings. The van der Waals surface area contributed by atoms with E-state index in [0.717, 1.165) is 57.8 Å². The number of unbranched alkanes of at least 4 members (excludes halogenated alkanes) is 6. The Morgan fingerprint density at radius 1 is 0.714 bits per heavy atom. The average Bonchev–Trinajstić information content (AvgIpc) is 2.68. The van der Waals surface area contributed by atoms with E-state index in [1.54, 1.807) is 0 Å². The molecular formula is C22H40Cl2O4. The van der Waals surface area contributed by atoms with Gasteiger partial charge in [0.15, 0.2) is 0 Å². The van der Waals surface area contributed by atoms with E-state index in [9.17, 15) is 9.59 Å². The maximum atomic E-state index is 11.9. The van der Waals surface area contributed by atoms with Gasteiger partial charge in [0.25, 0.3) is 0 Å². The molecule has 0 aliphatic carbocycles. The highest BCUT2D eigenvalue weighted by Crippen LogP contribution is 2.16. The molecule has 166 valence electrons. The van der Waals surface area contributed by atoms with Crippen LogP contribution in [0.1, 0.15) is 104 Å². The molecule has 0 aliphatic rings. The Kier molecular flexibility index (Phi) is 18.2. The van der Waals surface area contributed by atoms with Crippen LogP contribution in [0.15, 0.2) is 0 Å². The first-order valence-electron chi connectivity index (χ1n) is 11.1. The SMILES string of the molecule is CCCC(Cl)C(=O)OCCCCCCCCCC(CC)OC(=O)C(Cl)CCC. The first kappa shape index (κ1) is 27.5. The number of ether oxygens (including phenoxy) is 2. The van der Waals surface area contributed by atoms with Crippen molar-refractivity contribution in [2.24, 2.45) is 0 Å². The van der Waals surface area contributed by atoms with Gasteiger partial charge in [0, 0.05) is 0 Å². The third-order valence-electron chi connectivity index (χ3n) is 4.75. The molecule has 0 aromatic heterocycles. The highest BCUT2D eigenvalue weighted by atomic mass is 35.5. The molecule has 0 saturated carbocycles. The fourth-order valence-corrected chi connectivity index (χ4v) is 3.50. The van der Waals surface area contributed by atoms with Crippen LogP contribution in [0.4, 0.5) is 0 Å². The van der Waals surface area contributed by atoms with E-state index >= 15 is 0 Å². The van der Waals surface area contributed by atoms with E-state index in [-0.39, 0.29) is 18.0 Å². The molecule has 0 aliphatic heterocycles. The fraction of sp³-hybridized carbons (Fsp3) is 0.909. The lowest BCUT2D eigenvalue weighted by Crippen LogP contribution is -2.24. The van der Waals surface area contributed by atoms with Crippen molar-refractivity contribution in [2.45, 2.75) is 121 Å². The van der Waals surface area contributed by atoms with Crippen molar-refractivity contribution in [1.29, 1.82) is 0 Å². The van der Waals surface area contributed by atoms with E-state index in [2.05, 4.69) is 0 Å². The van der Waals surface area contributed by atoms with Gasteiger partial charge in [0.2, 0.25) is 0 Å². The molecule has 0 heterocycles. The van der Waals surface area contributed by atoms with Crippen LogP contribution in [0.5, 0.6) is 0 Å². The Labute approximate surface area is 182 Å². The molecule has 0 spiro atoms. The Balaban J connectivity index is 3.59. The summed E-state index contributed by atoms with van der Waals surface area (Å²) >= 11 is 11.9. The predicted octanol–water partition coefficient (Wildman–Crippen LogP) is 6.79. The van der Waals surface area contributed by atoms with Gasteiger partial charge in [-0.3, -0.25) is 9.59 Å². The molecular weight excluding hydrogens is 399 g/mol. The number of carbonyl (C=O) groups excluding carboxylic acids is 2. The lowest BCUT2D eigenvalue weighted by Gasteiger charge is -2.18. The van der Waals surface area contributed by atoms with Crippen molar-refractivity contribution in [1.82, 2.24) is 0 Å². The van der Waals surface area contributed by atoms with Gasteiger partial charge in [0.1, 0.15) is 16.9 Å². The molecule has 3 unspecified atom stereocenters. The van der Waals surface area contributed by atoms with Gasteiger partial charge < -0.3 is 9.47 Å². The molecule has 3 atom stereocenters. The van der Waals surface area contributed by atoms with Gasteiger partial charge in [0.05, 0.1) is 6.61 Å². The highest BCUT2D eigenvalue weighted by molar-refractivity contribution is 6.30. The minimum atomic E-state index is -0.514. The first-order valence-corrected chi connectivity index (χ1v) is 12.0. The second-order valence-electron chi connectivity index (χ2n) is 7.41. The van der Waals surface area contributed by atoms with Crippen LogP contribution in [0, 0.1) is 0 Å². The zero-order valence-corrected chi connectivity index (χ0v) is 19.5. The topological polar surface area (TPSA) is 52.6 Å². The number of halogens is 2. The number of carbonyl (C=O) groups is 2. The van der Waals surface area contributed by atoms with Crippen LogP contribution in [0.3, 0.4) is 0 Å². The number of hydrogen-bond acceptors (Lipinski definition) is 4. The third kappa shape index (κ3) is 14.5. The standard InChI is InChI=1S/C22H40Cl2O4/c1-4-14-19(23)21(25)27-17-13-11-9-7-8-10-12-16-18(6-3)28-22(26)20(24)15-5-2/h18-20H,4-17H2,1-3H3. The molecule has 0 N–H and O–H groups in total. The third-order valence-corrected chi connectivity index (χ3v) is 5.54. The van der Waals surface area contributed by atoms with Crippen LogP contribution in [0.2, 0.25) is 0 Å². The number of hydrogen-bond donors (Lipinski definition) is 0. The van der Waals surface area contributed by atoms with Crippen molar-refractivity contribution in [2.75, 3.05) is 6.61 Å². The van der Waals surface area contributed by atoms with Gasteiger partial charge in [-0.1, -0.05) is 65.7 Å². The Bertz CT molecular complexity index is 404. The second-order valence-corrected chi connectivity index (χ2v) is 8.46. The van der Waals surface area contributed by atoms with Crippen molar-refractivity contribution in [3.05, 3.63) is 0 Å². The van der Waals surface area contributed by atoms with Crippen molar-refractivity contribution >= 4 is 35.1 Å². The van der Waals surface area contributed by atoms with Gasteiger partial charge >= 0.3 is 11.9 Å². The van der Waals surface area contributed by atoms with E-state index in [0.29, 0.717) is 19.4 Å². The summed E-state index contributed by atoms with van der Waals surface area (Å²) in [5, 5.41) is -1.02. The zero-order valence-electron chi connectivity index (χ0n) is 18.0. The zero-order chi connectivity index (χ0) is 21.2. The summed E-state index contributed by atoms with van der Waals surface area (Å²) in [5.41, 5.74) is 0. The number of rotatable bonds is 18. The molecule has 4 nitrogen and oxygen atoms in total. The van der Waals surface area contributed by atoms with Crippen molar-refractivity contribution in [3.63, 3.8) is 0 Å². The molecule has 6 heteroatoms. The summed E-state index contributed by atoms with van der Waals surface area (Å²) in [7, 11) is 0. The number of esters is 2. The van der Waals surface area contributed by atoms with Crippen LogP contribution in [-0.2, 0) is 19.1 Å². The predicted molar refractivity (Wildman–Crippen MR) is 117 cm³/mol.